The van der Waals surface area contributed by atoms with Gasteiger partial charge in [0.05, 0.1) is 19.1 Å². The summed E-state index contributed by atoms with van der Waals surface area (Å²) in [6, 6.07) is 15.1. The monoisotopic (exact) mass is 417 g/mol. The first-order valence-electron chi connectivity index (χ1n) is 9.24. The van der Waals surface area contributed by atoms with Gasteiger partial charge in [0.25, 0.3) is 0 Å². The summed E-state index contributed by atoms with van der Waals surface area (Å²) in [5, 5.41) is 9.25. The van der Waals surface area contributed by atoms with Crippen molar-refractivity contribution in [3.05, 3.63) is 78.2 Å². The van der Waals surface area contributed by atoms with Crippen molar-refractivity contribution in [2.45, 2.75) is 12.1 Å². The second-order valence-corrected chi connectivity index (χ2v) is 7.45. The molecule has 0 fully saturated rings. The fourth-order valence-corrected chi connectivity index (χ4v) is 3.71. The van der Waals surface area contributed by atoms with E-state index >= 15 is 0 Å². The number of hydrogen-bond donors (Lipinski definition) is 0. The highest BCUT2D eigenvalue weighted by Gasteiger charge is 2.18. The van der Waals surface area contributed by atoms with E-state index in [0.717, 1.165) is 11.3 Å². The Morgan fingerprint density at radius 3 is 2.47 bits per heavy atom. The Bertz CT molecular complexity index is 1140. The first-order chi connectivity index (χ1) is 14.7. The number of carbonyl (C=O) groups is 1. The van der Waals surface area contributed by atoms with Crippen LogP contribution >= 0.6 is 11.8 Å². The molecule has 150 valence electrons. The van der Waals surface area contributed by atoms with Crippen molar-refractivity contribution in [2.75, 3.05) is 12.9 Å². The summed E-state index contributed by atoms with van der Waals surface area (Å²) in [5.74, 6) is 1.53. The van der Waals surface area contributed by atoms with E-state index in [9.17, 15) is 4.79 Å². The van der Waals surface area contributed by atoms with Crippen LogP contribution in [0.3, 0.4) is 0 Å². The molecule has 0 N–H and O–H groups in total. The molecule has 2 aromatic carbocycles. The van der Waals surface area contributed by atoms with E-state index in [-0.39, 0.29) is 11.5 Å². The maximum Gasteiger partial charge on any atom is 0.196 e. The predicted octanol–water partition coefficient (Wildman–Crippen LogP) is 4.02. The highest BCUT2D eigenvalue weighted by Crippen LogP contribution is 2.27. The van der Waals surface area contributed by atoms with Crippen molar-refractivity contribution in [2.24, 2.45) is 0 Å². The molecule has 4 aromatic rings. The van der Waals surface area contributed by atoms with Crippen LogP contribution in [-0.4, -0.2) is 43.4 Å². The molecule has 0 spiro atoms. The van der Waals surface area contributed by atoms with Crippen molar-refractivity contribution in [3.63, 3.8) is 0 Å². The SMILES string of the molecule is COc1ccc(C(=O)CSc2nnc(-c3cnccn3)n2-c2ccc(C)cc2)cc1. The number of rotatable bonds is 7. The van der Waals surface area contributed by atoms with Gasteiger partial charge in [0.1, 0.15) is 11.4 Å². The summed E-state index contributed by atoms with van der Waals surface area (Å²) < 4.78 is 7.05. The van der Waals surface area contributed by atoms with Gasteiger partial charge in [0.15, 0.2) is 16.8 Å². The van der Waals surface area contributed by atoms with E-state index in [1.165, 1.54) is 11.8 Å². The molecule has 8 heteroatoms. The number of methoxy groups -OCH3 is 1. The Hall–Kier alpha value is -3.52. The molecule has 2 heterocycles. The number of aryl methyl sites for hydroxylation is 1. The first kappa shape index (κ1) is 19.8. The summed E-state index contributed by atoms with van der Waals surface area (Å²) >= 11 is 1.33. The van der Waals surface area contributed by atoms with Gasteiger partial charge in [-0.1, -0.05) is 29.5 Å². The van der Waals surface area contributed by atoms with Gasteiger partial charge in [0, 0.05) is 23.6 Å². The van der Waals surface area contributed by atoms with Gasteiger partial charge in [-0.3, -0.25) is 14.3 Å². The molecule has 4 rings (SSSR count). The van der Waals surface area contributed by atoms with Gasteiger partial charge < -0.3 is 4.74 Å². The highest BCUT2D eigenvalue weighted by molar-refractivity contribution is 7.99. The molecule has 0 amide bonds. The number of thioether (sulfide) groups is 1. The van der Waals surface area contributed by atoms with E-state index in [1.807, 2.05) is 35.8 Å². The molecule has 0 bridgehead atoms. The molecule has 2 aromatic heterocycles. The summed E-state index contributed by atoms with van der Waals surface area (Å²) in [5.41, 5.74) is 3.28. The molecule has 0 aliphatic rings. The summed E-state index contributed by atoms with van der Waals surface area (Å²) in [6.45, 7) is 2.03. The Kier molecular flexibility index (Phi) is 5.85. The predicted molar refractivity (Wildman–Crippen MR) is 115 cm³/mol. The zero-order valence-corrected chi connectivity index (χ0v) is 17.3. The van der Waals surface area contributed by atoms with E-state index < -0.39 is 0 Å². The molecule has 0 saturated heterocycles. The number of carbonyl (C=O) groups excluding carboxylic acids is 1. The third-order valence-electron chi connectivity index (χ3n) is 4.46. The van der Waals surface area contributed by atoms with Crippen LogP contribution in [0.25, 0.3) is 17.2 Å². The van der Waals surface area contributed by atoms with Gasteiger partial charge in [-0.25, -0.2) is 4.98 Å². The Morgan fingerprint density at radius 2 is 1.80 bits per heavy atom. The molecule has 0 atom stereocenters. The van der Waals surface area contributed by atoms with Crippen LogP contribution in [0.15, 0.2) is 72.3 Å². The summed E-state index contributed by atoms with van der Waals surface area (Å²) in [4.78, 5) is 21.1. The van der Waals surface area contributed by atoms with Crippen LogP contribution in [0.4, 0.5) is 0 Å². The minimum atomic E-state index is 0.00200. The standard InChI is InChI=1S/C22H19N5O2S/c1-15-3-7-17(8-4-15)27-21(19-13-23-11-12-24-19)25-26-22(27)30-14-20(28)16-5-9-18(29-2)10-6-16/h3-13H,14H2,1-2H3. The van der Waals surface area contributed by atoms with Crippen molar-refractivity contribution in [1.82, 2.24) is 24.7 Å². The Balaban J connectivity index is 1.63. The van der Waals surface area contributed by atoms with Crippen molar-refractivity contribution in [1.29, 1.82) is 0 Å². The van der Waals surface area contributed by atoms with E-state index in [4.69, 9.17) is 4.74 Å². The third kappa shape index (κ3) is 4.23. The number of ketones is 1. The average Bonchev–Trinajstić information content (AvgIpc) is 3.22. The lowest BCUT2D eigenvalue weighted by Crippen LogP contribution is -2.05. The van der Waals surface area contributed by atoms with Crippen LogP contribution in [-0.2, 0) is 0 Å². The minimum Gasteiger partial charge on any atom is -0.497 e. The first-order valence-corrected chi connectivity index (χ1v) is 10.2. The van der Waals surface area contributed by atoms with E-state index in [1.54, 1.807) is 50.0 Å². The van der Waals surface area contributed by atoms with Crippen LogP contribution in [0.5, 0.6) is 5.75 Å². The van der Waals surface area contributed by atoms with E-state index in [0.29, 0.717) is 28.0 Å². The molecular formula is C22H19N5O2S. The molecule has 0 unspecified atom stereocenters. The Labute approximate surface area is 178 Å². The number of ether oxygens (including phenoxy) is 1. The maximum atomic E-state index is 12.6. The zero-order valence-electron chi connectivity index (χ0n) is 16.5. The average molecular weight is 417 g/mol. The second kappa shape index (κ2) is 8.87. The molecular weight excluding hydrogens is 398 g/mol. The highest BCUT2D eigenvalue weighted by atomic mass is 32.2. The number of aromatic nitrogens is 5. The number of hydrogen-bond acceptors (Lipinski definition) is 7. The fraction of sp³-hybridized carbons (Fsp3) is 0.136. The summed E-state index contributed by atoms with van der Waals surface area (Å²) in [6.07, 6.45) is 4.87. The van der Waals surface area contributed by atoms with Crippen molar-refractivity contribution in [3.8, 4) is 23.0 Å². The molecule has 7 nitrogen and oxygen atoms in total. The van der Waals surface area contributed by atoms with Gasteiger partial charge in [-0.2, -0.15) is 0 Å². The van der Waals surface area contributed by atoms with Crippen molar-refractivity contribution >= 4 is 17.5 Å². The zero-order chi connectivity index (χ0) is 20.9. The smallest absolute Gasteiger partial charge is 0.196 e. The van der Waals surface area contributed by atoms with Crippen LogP contribution in [0.1, 0.15) is 15.9 Å². The second-order valence-electron chi connectivity index (χ2n) is 6.51. The van der Waals surface area contributed by atoms with Crippen LogP contribution in [0.2, 0.25) is 0 Å². The molecule has 0 saturated carbocycles. The molecule has 30 heavy (non-hydrogen) atoms. The largest absolute Gasteiger partial charge is 0.497 e. The maximum absolute atomic E-state index is 12.6. The number of Topliss-reactive ketones (excluding diaryl/α,β-unsaturated/α-hetero) is 1. The fourth-order valence-electron chi connectivity index (χ4n) is 2.86. The Morgan fingerprint density at radius 1 is 1.03 bits per heavy atom. The normalized spacial score (nSPS) is 10.7. The third-order valence-corrected chi connectivity index (χ3v) is 5.39. The number of benzene rings is 2. The lowest BCUT2D eigenvalue weighted by molar-refractivity contribution is 0.102. The lowest BCUT2D eigenvalue weighted by Gasteiger charge is -2.10. The summed E-state index contributed by atoms with van der Waals surface area (Å²) in [7, 11) is 1.60. The van der Waals surface area contributed by atoms with Gasteiger partial charge in [0.2, 0.25) is 0 Å². The topological polar surface area (TPSA) is 82.8 Å². The lowest BCUT2D eigenvalue weighted by atomic mass is 10.1. The van der Waals surface area contributed by atoms with Gasteiger partial charge in [-0.05, 0) is 43.3 Å². The molecule has 0 radical (unpaired) electrons. The van der Waals surface area contributed by atoms with Crippen LogP contribution in [0, 0.1) is 6.92 Å². The van der Waals surface area contributed by atoms with E-state index in [2.05, 4.69) is 20.2 Å². The van der Waals surface area contributed by atoms with Crippen LogP contribution < -0.4 is 4.74 Å². The molecule has 0 aliphatic heterocycles. The van der Waals surface area contributed by atoms with Gasteiger partial charge in [-0.15, -0.1) is 10.2 Å². The van der Waals surface area contributed by atoms with Gasteiger partial charge >= 0.3 is 0 Å². The minimum absolute atomic E-state index is 0.00200. The number of nitrogens with zero attached hydrogens (tertiary/aromatic N) is 5. The quantitative estimate of drug-likeness (QED) is 0.332. The molecule has 0 aliphatic carbocycles. The van der Waals surface area contributed by atoms with Crippen molar-refractivity contribution < 1.29 is 9.53 Å².